The number of hydrogen-bond acceptors (Lipinski definition) is 5. The molecule has 5 nitrogen and oxygen atoms in total. The predicted molar refractivity (Wildman–Crippen MR) is 54.4 cm³/mol. The third-order valence-corrected chi connectivity index (χ3v) is 2.26. The van der Waals surface area contributed by atoms with Crippen LogP contribution in [0, 0.1) is 0 Å². The highest BCUT2D eigenvalue weighted by molar-refractivity contribution is 5.89. The second-order valence-electron chi connectivity index (χ2n) is 4.05. The number of Topliss-reactive ketones (excluding diaryl/α,β-unsaturated/α-hetero) is 1. The minimum atomic E-state index is -5.04. The summed E-state index contributed by atoms with van der Waals surface area (Å²) in [5.74, 6) is -4.43. The molecule has 0 N–H and O–H groups in total. The van der Waals surface area contributed by atoms with E-state index in [9.17, 15) is 31.1 Å². The fourth-order valence-electron chi connectivity index (χ4n) is 1.25. The lowest BCUT2D eigenvalue weighted by Crippen LogP contribution is -2.27. The summed E-state index contributed by atoms with van der Waals surface area (Å²) in [5, 5.41) is 3.27. The summed E-state index contributed by atoms with van der Waals surface area (Å²) in [5.41, 5.74) is 0. The average molecular weight is 320 g/mol. The summed E-state index contributed by atoms with van der Waals surface area (Å²) in [6, 6.07) is 0. The Hall–Kier alpha value is -1.65. The number of ketones is 1. The van der Waals surface area contributed by atoms with Crippen molar-refractivity contribution in [3.8, 4) is 0 Å². The molecule has 0 aliphatic carbocycles. The van der Waals surface area contributed by atoms with E-state index in [1.54, 1.807) is 0 Å². The third kappa shape index (κ3) is 5.69. The van der Waals surface area contributed by atoms with Gasteiger partial charge in [0.2, 0.25) is 11.7 Å². The molecule has 0 spiro atoms. The Balaban J connectivity index is 2.52. The van der Waals surface area contributed by atoms with E-state index >= 15 is 0 Å². The van der Waals surface area contributed by atoms with Crippen LogP contribution in [0.1, 0.15) is 24.6 Å². The molecule has 0 aromatic carbocycles. The summed E-state index contributed by atoms with van der Waals surface area (Å²) >= 11 is 0. The number of hydrogen-bond donors (Lipinski definition) is 0. The summed E-state index contributed by atoms with van der Waals surface area (Å²) < 4.78 is 80.6. The first-order valence-corrected chi connectivity index (χ1v) is 5.58. The van der Waals surface area contributed by atoms with Crippen molar-refractivity contribution >= 4 is 5.78 Å². The van der Waals surface area contributed by atoms with Crippen LogP contribution in [0.25, 0.3) is 0 Å². The van der Waals surface area contributed by atoms with Gasteiger partial charge in [0.25, 0.3) is 0 Å². The molecule has 0 saturated carbocycles. The van der Waals surface area contributed by atoms with E-state index in [0.717, 1.165) is 6.92 Å². The molecule has 120 valence electrons. The van der Waals surface area contributed by atoms with Gasteiger partial charge >= 0.3 is 12.4 Å². The van der Waals surface area contributed by atoms with Crippen LogP contribution in [0.4, 0.5) is 26.3 Å². The number of carbonyl (C=O) groups is 1. The maximum atomic E-state index is 12.2. The van der Waals surface area contributed by atoms with E-state index in [1.165, 1.54) is 0 Å². The van der Waals surface area contributed by atoms with E-state index < -0.39 is 36.6 Å². The van der Waals surface area contributed by atoms with Crippen LogP contribution in [0.5, 0.6) is 0 Å². The molecule has 1 heterocycles. The van der Waals surface area contributed by atoms with Gasteiger partial charge in [-0.25, -0.2) is 0 Å². The first-order chi connectivity index (χ1) is 9.50. The number of alkyl halides is 6. The maximum Gasteiger partial charge on any atom is 0.450 e. The SMILES string of the molecule is CC(C(=O)C(F)(F)F)c1nc(CCOCC(F)(F)F)no1. The first kappa shape index (κ1) is 17.4. The zero-order valence-electron chi connectivity index (χ0n) is 10.6. The Morgan fingerprint density at radius 3 is 2.43 bits per heavy atom. The smallest absolute Gasteiger partial charge is 0.372 e. The lowest BCUT2D eigenvalue weighted by Gasteiger charge is -2.08. The van der Waals surface area contributed by atoms with Gasteiger partial charge in [0.05, 0.1) is 6.61 Å². The normalized spacial score (nSPS) is 14.2. The Kier molecular flexibility index (Phi) is 5.31. The van der Waals surface area contributed by atoms with E-state index in [-0.39, 0.29) is 18.9 Å². The van der Waals surface area contributed by atoms with Crippen LogP contribution in [0.15, 0.2) is 4.52 Å². The number of ether oxygens (including phenoxy) is 1. The highest BCUT2D eigenvalue weighted by Crippen LogP contribution is 2.26. The Bertz CT molecular complexity index is 482. The molecule has 0 aliphatic heterocycles. The molecular weight excluding hydrogens is 310 g/mol. The Morgan fingerprint density at radius 2 is 1.90 bits per heavy atom. The number of nitrogens with zero attached hydrogens (tertiary/aromatic N) is 2. The molecular formula is C10H10F6N2O3. The van der Waals surface area contributed by atoms with Gasteiger partial charge < -0.3 is 9.26 Å². The Labute approximate surface area is 114 Å². The topological polar surface area (TPSA) is 65.2 Å². The molecule has 1 atom stereocenters. The number of carbonyl (C=O) groups excluding carboxylic acids is 1. The molecule has 1 unspecified atom stereocenters. The fourth-order valence-corrected chi connectivity index (χ4v) is 1.25. The summed E-state index contributed by atoms with van der Waals surface area (Å²) in [6.07, 6.45) is -9.70. The standard InChI is InChI=1S/C10H10F6N2O3/c1-5(7(19)10(14,15)16)8-17-6(18-21-8)2-3-20-4-9(11,12)13/h5H,2-4H2,1H3. The van der Waals surface area contributed by atoms with Gasteiger partial charge in [0.15, 0.2) is 5.82 Å². The van der Waals surface area contributed by atoms with Crippen molar-refractivity contribution in [3.05, 3.63) is 11.7 Å². The van der Waals surface area contributed by atoms with Crippen molar-refractivity contribution < 1.29 is 40.4 Å². The third-order valence-electron chi connectivity index (χ3n) is 2.26. The van der Waals surface area contributed by atoms with E-state index in [1.807, 2.05) is 0 Å². The van der Waals surface area contributed by atoms with E-state index in [0.29, 0.717) is 0 Å². The minimum Gasteiger partial charge on any atom is -0.372 e. The van der Waals surface area contributed by atoms with Gasteiger partial charge in [-0.3, -0.25) is 4.79 Å². The number of aromatic nitrogens is 2. The van der Waals surface area contributed by atoms with Gasteiger partial charge in [-0.1, -0.05) is 5.16 Å². The molecule has 1 aromatic heterocycles. The van der Waals surface area contributed by atoms with Crippen LogP contribution < -0.4 is 0 Å². The van der Waals surface area contributed by atoms with Gasteiger partial charge in [0.1, 0.15) is 12.5 Å². The summed E-state index contributed by atoms with van der Waals surface area (Å²) in [6.45, 7) is -0.909. The molecule has 11 heteroatoms. The molecule has 0 saturated heterocycles. The second-order valence-corrected chi connectivity index (χ2v) is 4.05. The fraction of sp³-hybridized carbons (Fsp3) is 0.700. The number of rotatable bonds is 6. The zero-order chi connectivity index (χ0) is 16.3. The zero-order valence-corrected chi connectivity index (χ0v) is 10.6. The first-order valence-electron chi connectivity index (χ1n) is 5.58. The lowest BCUT2D eigenvalue weighted by atomic mass is 10.1. The molecule has 1 rings (SSSR count). The van der Waals surface area contributed by atoms with Crippen LogP contribution in [0.2, 0.25) is 0 Å². The molecule has 0 radical (unpaired) electrons. The summed E-state index contributed by atoms with van der Waals surface area (Å²) in [7, 11) is 0. The van der Waals surface area contributed by atoms with Crippen molar-refractivity contribution in [1.29, 1.82) is 0 Å². The lowest BCUT2D eigenvalue weighted by molar-refractivity contribution is -0.173. The molecule has 0 bridgehead atoms. The van der Waals surface area contributed by atoms with Gasteiger partial charge in [-0.05, 0) is 6.92 Å². The number of halogens is 6. The van der Waals surface area contributed by atoms with Gasteiger partial charge in [0, 0.05) is 6.42 Å². The molecule has 21 heavy (non-hydrogen) atoms. The molecule has 0 aliphatic rings. The highest BCUT2D eigenvalue weighted by Gasteiger charge is 2.44. The van der Waals surface area contributed by atoms with Gasteiger partial charge in [-0.15, -0.1) is 0 Å². The van der Waals surface area contributed by atoms with E-state index in [4.69, 9.17) is 0 Å². The van der Waals surface area contributed by atoms with Crippen molar-refractivity contribution in [2.45, 2.75) is 31.6 Å². The van der Waals surface area contributed by atoms with Crippen LogP contribution >= 0.6 is 0 Å². The van der Waals surface area contributed by atoms with Crippen LogP contribution in [0.3, 0.4) is 0 Å². The van der Waals surface area contributed by atoms with Crippen molar-refractivity contribution in [2.24, 2.45) is 0 Å². The minimum absolute atomic E-state index is 0.144. The Morgan fingerprint density at radius 1 is 1.29 bits per heavy atom. The quantitative estimate of drug-likeness (QED) is 0.595. The highest BCUT2D eigenvalue weighted by atomic mass is 19.4. The van der Waals surface area contributed by atoms with Crippen molar-refractivity contribution in [2.75, 3.05) is 13.2 Å². The van der Waals surface area contributed by atoms with Crippen molar-refractivity contribution in [1.82, 2.24) is 10.1 Å². The average Bonchev–Trinajstić information content (AvgIpc) is 2.79. The maximum absolute atomic E-state index is 12.2. The summed E-state index contributed by atoms with van der Waals surface area (Å²) in [4.78, 5) is 14.5. The largest absolute Gasteiger partial charge is 0.450 e. The molecule has 0 fully saturated rings. The van der Waals surface area contributed by atoms with Crippen LogP contribution in [-0.4, -0.2) is 41.5 Å². The second kappa shape index (κ2) is 6.41. The molecule has 0 amide bonds. The predicted octanol–water partition coefficient (Wildman–Crippen LogP) is 2.43. The van der Waals surface area contributed by atoms with Gasteiger partial charge in [-0.2, -0.15) is 31.3 Å². The monoisotopic (exact) mass is 320 g/mol. The van der Waals surface area contributed by atoms with Crippen LogP contribution in [-0.2, 0) is 16.0 Å². The van der Waals surface area contributed by atoms with Crippen molar-refractivity contribution in [3.63, 3.8) is 0 Å². The van der Waals surface area contributed by atoms with E-state index in [2.05, 4.69) is 19.4 Å². The molecule has 1 aromatic rings.